The highest BCUT2D eigenvalue weighted by Gasteiger charge is 2.45. The molecule has 3 heterocycles. The second-order valence-electron chi connectivity index (χ2n) is 7.02. The number of likely N-dealkylation sites (tertiary alicyclic amines) is 1. The summed E-state index contributed by atoms with van der Waals surface area (Å²) in [7, 11) is 0. The van der Waals surface area contributed by atoms with Crippen LogP contribution in [0.1, 0.15) is 33.1 Å². The largest absolute Gasteiger partial charge is 0.329 e. The van der Waals surface area contributed by atoms with Crippen LogP contribution in [0.3, 0.4) is 0 Å². The molecule has 0 bridgehead atoms. The SMILES string of the molecule is CC(C)N1CCC(CN)(N2CCN3CCCC3C2)C1. The molecule has 3 aliphatic heterocycles. The first-order valence-corrected chi connectivity index (χ1v) is 8.08. The number of piperazine rings is 1. The second kappa shape index (κ2) is 5.32. The van der Waals surface area contributed by atoms with Gasteiger partial charge in [0, 0.05) is 56.9 Å². The van der Waals surface area contributed by atoms with Gasteiger partial charge in [-0.1, -0.05) is 0 Å². The van der Waals surface area contributed by atoms with Crippen molar-refractivity contribution in [2.75, 3.05) is 45.8 Å². The fourth-order valence-electron chi connectivity index (χ4n) is 4.30. The standard InChI is InChI=1S/C15H30N4/c1-13(2)18-7-5-15(11-16,12-18)19-9-8-17-6-3-4-14(17)10-19/h13-14H,3-12,16H2,1-2H3. The Morgan fingerprint density at radius 1 is 1.21 bits per heavy atom. The minimum absolute atomic E-state index is 0.263. The molecule has 2 unspecified atom stereocenters. The van der Waals surface area contributed by atoms with E-state index in [1.165, 1.54) is 58.5 Å². The van der Waals surface area contributed by atoms with E-state index in [-0.39, 0.29) is 5.54 Å². The molecule has 3 rings (SSSR count). The molecule has 4 heteroatoms. The Morgan fingerprint density at radius 2 is 2.05 bits per heavy atom. The van der Waals surface area contributed by atoms with Gasteiger partial charge < -0.3 is 5.73 Å². The van der Waals surface area contributed by atoms with Gasteiger partial charge in [0.2, 0.25) is 0 Å². The van der Waals surface area contributed by atoms with Crippen LogP contribution in [0.4, 0.5) is 0 Å². The van der Waals surface area contributed by atoms with Crippen LogP contribution in [-0.2, 0) is 0 Å². The smallest absolute Gasteiger partial charge is 0.0471 e. The van der Waals surface area contributed by atoms with E-state index >= 15 is 0 Å². The van der Waals surface area contributed by atoms with E-state index in [0.717, 1.165) is 12.6 Å². The Hall–Kier alpha value is -0.160. The number of hydrogen-bond acceptors (Lipinski definition) is 4. The fourth-order valence-corrected chi connectivity index (χ4v) is 4.30. The minimum atomic E-state index is 0.263. The average molecular weight is 266 g/mol. The molecule has 0 aromatic carbocycles. The van der Waals surface area contributed by atoms with Crippen molar-refractivity contribution in [2.24, 2.45) is 5.73 Å². The summed E-state index contributed by atoms with van der Waals surface area (Å²) in [6.07, 6.45) is 4.05. The van der Waals surface area contributed by atoms with E-state index in [4.69, 9.17) is 5.73 Å². The molecule has 0 radical (unpaired) electrons. The Labute approximate surface area is 117 Å². The van der Waals surface area contributed by atoms with Gasteiger partial charge in [0.15, 0.2) is 0 Å². The van der Waals surface area contributed by atoms with E-state index in [1.807, 2.05) is 0 Å². The van der Waals surface area contributed by atoms with Crippen LogP contribution < -0.4 is 5.73 Å². The highest BCUT2D eigenvalue weighted by molar-refractivity contribution is 5.03. The number of hydrogen-bond donors (Lipinski definition) is 1. The molecule has 19 heavy (non-hydrogen) atoms. The quantitative estimate of drug-likeness (QED) is 0.810. The van der Waals surface area contributed by atoms with Crippen molar-refractivity contribution in [3.63, 3.8) is 0 Å². The van der Waals surface area contributed by atoms with Crippen molar-refractivity contribution in [1.29, 1.82) is 0 Å². The highest BCUT2D eigenvalue weighted by Crippen LogP contribution is 2.32. The molecule has 110 valence electrons. The molecule has 3 aliphatic rings. The van der Waals surface area contributed by atoms with Gasteiger partial charge in [-0.25, -0.2) is 0 Å². The van der Waals surface area contributed by atoms with Gasteiger partial charge in [-0.15, -0.1) is 0 Å². The summed E-state index contributed by atoms with van der Waals surface area (Å²) >= 11 is 0. The number of fused-ring (bicyclic) bond motifs is 1. The molecule has 0 saturated carbocycles. The summed E-state index contributed by atoms with van der Waals surface area (Å²) in [6, 6.07) is 1.46. The third-order valence-corrected chi connectivity index (χ3v) is 5.73. The van der Waals surface area contributed by atoms with Crippen molar-refractivity contribution in [1.82, 2.24) is 14.7 Å². The third-order valence-electron chi connectivity index (χ3n) is 5.73. The Balaban J connectivity index is 1.69. The Bertz CT molecular complexity index is 319. The summed E-state index contributed by atoms with van der Waals surface area (Å²) in [4.78, 5) is 8.03. The maximum atomic E-state index is 6.22. The van der Waals surface area contributed by atoms with Crippen LogP contribution in [0.5, 0.6) is 0 Å². The monoisotopic (exact) mass is 266 g/mol. The summed E-state index contributed by atoms with van der Waals surface area (Å²) in [5.41, 5.74) is 6.48. The number of rotatable bonds is 3. The van der Waals surface area contributed by atoms with Gasteiger partial charge in [0.1, 0.15) is 0 Å². The van der Waals surface area contributed by atoms with Crippen molar-refractivity contribution in [3.05, 3.63) is 0 Å². The van der Waals surface area contributed by atoms with Crippen molar-refractivity contribution < 1.29 is 0 Å². The molecule has 2 atom stereocenters. The lowest BCUT2D eigenvalue weighted by atomic mass is 9.94. The van der Waals surface area contributed by atoms with Crippen LogP contribution in [0, 0.1) is 0 Å². The topological polar surface area (TPSA) is 35.7 Å². The van der Waals surface area contributed by atoms with Crippen molar-refractivity contribution in [3.8, 4) is 0 Å². The second-order valence-corrected chi connectivity index (χ2v) is 7.02. The molecule has 4 nitrogen and oxygen atoms in total. The van der Waals surface area contributed by atoms with E-state index in [0.29, 0.717) is 6.04 Å². The first-order chi connectivity index (χ1) is 9.14. The molecular weight excluding hydrogens is 236 g/mol. The highest BCUT2D eigenvalue weighted by atomic mass is 15.4. The maximum absolute atomic E-state index is 6.22. The van der Waals surface area contributed by atoms with Crippen molar-refractivity contribution >= 4 is 0 Å². The Kier molecular flexibility index (Phi) is 3.87. The predicted molar refractivity (Wildman–Crippen MR) is 79.3 cm³/mol. The van der Waals surface area contributed by atoms with E-state index < -0.39 is 0 Å². The first kappa shape index (κ1) is 13.8. The third kappa shape index (κ3) is 2.44. The van der Waals surface area contributed by atoms with Crippen LogP contribution in [0.25, 0.3) is 0 Å². The minimum Gasteiger partial charge on any atom is -0.329 e. The van der Waals surface area contributed by atoms with E-state index in [9.17, 15) is 0 Å². The lowest BCUT2D eigenvalue weighted by molar-refractivity contribution is 0.0209. The zero-order valence-corrected chi connectivity index (χ0v) is 12.6. The maximum Gasteiger partial charge on any atom is 0.0471 e. The average Bonchev–Trinajstić information content (AvgIpc) is 3.05. The number of nitrogens with zero attached hydrogens (tertiary/aromatic N) is 3. The lowest BCUT2D eigenvalue weighted by Gasteiger charge is -2.47. The first-order valence-electron chi connectivity index (χ1n) is 8.08. The normalized spacial score (nSPS) is 38.2. The van der Waals surface area contributed by atoms with Gasteiger partial charge in [-0.05, 0) is 39.7 Å². The summed E-state index contributed by atoms with van der Waals surface area (Å²) in [5.74, 6) is 0. The molecule has 3 saturated heterocycles. The van der Waals surface area contributed by atoms with Gasteiger partial charge in [-0.3, -0.25) is 14.7 Å². The molecule has 0 amide bonds. The fraction of sp³-hybridized carbons (Fsp3) is 1.00. The Morgan fingerprint density at radius 3 is 2.74 bits per heavy atom. The zero-order valence-electron chi connectivity index (χ0n) is 12.6. The molecular formula is C15H30N4. The summed E-state index contributed by atoms with van der Waals surface area (Å²) in [6.45, 7) is 12.9. The van der Waals surface area contributed by atoms with Crippen LogP contribution in [0.15, 0.2) is 0 Å². The van der Waals surface area contributed by atoms with Crippen LogP contribution in [0.2, 0.25) is 0 Å². The molecule has 0 aliphatic carbocycles. The van der Waals surface area contributed by atoms with E-state index in [2.05, 4.69) is 28.5 Å². The van der Waals surface area contributed by atoms with Gasteiger partial charge in [0.25, 0.3) is 0 Å². The molecule has 2 N–H and O–H groups in total. The predicted octanol–water partition coefficient (Wildman–Crippen LogP) is 0.578. The van der Waals surface area contributed by atoms with E-state index in [1.54, 1.807) is 0 Å². The molecule has 0 aromatic heterocycles. The summed E-state index contributed by atoms with van der Waals surface area (Å²) in [5, 5.41) is 0. The zero-order chi connectivity index (χ0) is 13.5. The molecule has 0 spiro atoms. The lowest BCUT2D eigenvalue weighted by Crippen LogP contribution is -2.63. The van der Waals surface area contributed by atoms with Crippen LogP contribution in [-0.4, -0.2) is 78.1 Å². The van der Waals surface area contributed by atoms with Gasteiger partial charge in [-0.2, -0.15) is 0 Å². The van der Waals surface area contributed by atoms with Gasteiger partial charge >= 0.3 is 0 Å². The molecule has 3 fully saturated rings. The molecule has 0 aromatic rings. The van der Waals surface area contributed by atoms with Gasteiger partial charge in [0.05, 0.1) is 0 Å². The number of nitrogens with two attached hydrogens (primary N) is 1. The van der Waals surface area contributed by atoms with Crippen LogP contribution >= 0.6 is 0 Å². The van der Waals surface area contributed by atoms with Crippen molar-refractivity contribution in [2.45, 2.75) is 50.7 Å². The summed E-state index contributed by atoms with van der Waals surface area (Å²) < 4.78 is 0.